The van der Waals surface area contributed by atoms with E-state index in [9.17, 15) is 9.90 Å². The van der Waals surface area contributed by atoms with Gasteiger partial charge in [-0.2, -0.15) is 0 Å². The van der Waals surface area contributed by atoms with Gasteiger partial charge in [0.05, 0.1) is 12.2 Å². The molecular weight excluding hydrogens is 230 g/mol. The zero-order valence-corrected chi connectivity index (χ0v) is 10.6. The van der Waals surface area contributed by atoms with Gasteiger partial charge in [-0.1, -0.05) is 18.2 Å². The summed E-state index contributed by atoms with van der Waals surface area (Å²) in [5.74, 6) is 0.837. The molecule has 2 rings (SSSR count). The lowest BCUT2D eigenvalue weighted by Crippen LogP contribution is -2.57. The summed E-state index contributed by atoms with van der Waals surface area (Å²) >= 11 is 0. The minimum Gasteiger partial charge on any atom is -0.493 e. The van der Waals surface area contributed by atoms with E-state index >= 15 is 0 Å². The van der Waals surface area contributed by atoms with Crippen molar-refractivity contribution in [3.63, 3.8) is 0 Å². The minimum absolute atomic E-state index is 0.0652. The third-order valence-corrected chi connectivity index (χ3v) is 4.02. The zero-order chi connectivity index (χ0) is 13.2. The molecule has 4 nitrogen and oxygen atoms in total. The molecule has 1 heterocycles. The van der Waals surface area contributed by atoms with Crippen LogP contribution in [0.5, 0.6) is 5.75 Å². The highest BCUT2D eigenvalue weighted by Gasteiger charge is 2.48. The molecule has 0 aliphatic carbocycles. The van der Waals surface area contributed by atoms with Crippen LogP contribution in [0.15, 0.2) is 24.3 Å². The maximum Gasteiger partial charge on any atom is 0.122 e. The van der Waals surface area contributed by atoms with Crippen molar-refractivity contribution in [2.24, 2.45) is 11.1 Å². The fourth-order valence-corrected chi connectivity index (χ4v) is 2.50. The Kier molecular flexibility index (Phi) is 3.41. The predicted octanol–water partition coefficient (Wildman–Crippen LogP) is 0.907. The quantitative estimate of drug-likeness (QED) is 0.778. The van der Waals surface area contributed by atoms with Crippen LogP contribution in [-0.4, -0.2) is 30.1 Å². The lowest BCUT2D eigenvalue weighted by molar-refractivity contribution is -0.125. The first kappa shape index (κ1) is 13.1. The highest BCUT2D eigenvalue weighted by atomic mass is 16.5. The highest BCUT2D eigenvalue weighted by molar-refractivity contribution is 5.52. The number of hydrogen-bond acceptors (Lipinski definition) is 4. The molecule has 3 N–H and O–H groups in total. The van der Waals surface area contributed by atoms with Crippen LogP contribution in [0.2, 0.25) is 0 Å². The maximum absolute atomic E-state index is 10.7. The van der Waals surface area contributed by atoms with Gasteiger partial charge in [-0.3, -0.25) is 0 Å². The van der Waals surface area contributed by atoms with Crippen LogP contribution < -0.4 is 10.5 Å². The molecule has 0 bridgehead atoms. The number of carbonyl (C=O) groups excluding carboxylic acids is 1. The van der Waals surface area contributed by atoms with Gasteiger partial charge in [0.15, 0.2) is 0 Å². The number of hydrogen-bond donors (Lipinski definition) is 2. The molecule has 98 valence electrons. The van der Waals surface area contributed by atoms with Gasteiger partial charge in [-0.15, -0.1) is 0 Å². The van der Waals surface area contributed by atoms with E-state index in [0.717, 1.165) is 17.6 Å². The summed E-state index contributed by atoms with van der Waals surface area (Å²) in [5.41, 5.74) is 5.12. The normalized spacial score (nSPS) is 25.7. The largest absolute Gasteiger partial charge is 0.493 e. The Morgan fingerprint density at radius 3 is 2.94 bits per heavy atom. The summed E-state index contributed by atoms with van der Waals surface area (Å²) in [6, 6.07) is 7.72. The number of aliphatic hydroxyl groups is 1. The van der Waals surface area contributed by atoms with Crippen molar-refractivity contribution in [3.05, 3.63) is 29.8 Å². The maximum atomic E-state index is 10.7. The van der Waals surface area contributed by atoms with Crippen LogP contribution in [0.25, 0.3) is 0 Å². The summed E-state index contributed by atoms with van der Waals surface area (Å²) in [6.45, 7) is 2.27. The van der Waals surface area contributed by atoms with E-state index in [-0.39, 0.29) is 13.0 Å². The van der Waals surface area contributed by atoms with E-state index in [1.54, 1.807) is 6.92 Å². The highest BCUT2D eigenvalue weighted by Crippen LogP contribution is 2.42. The molecule has 1 aromatic carbocycles. The number of carbonyl (C=O) groups is 1. The average Bonchev–Trinajstić information content (AvgIpc) is 2.37. The predicted molar refractivity (Wildman–Crippen MR) is 68.4 cm³/mol. The molecule has 0 spiro atoms. The van der Waals surface area contributed by atoms with Crippen molar-refractivity contribution >= 4 is 6.29 Å². The zero-order valence-electron chi connectivity index (χ0n) is 10.6. The van der Waals surface area contributed by atoms with E-state index in [1.807, 2.05) is 24.3 Å². The van der Waals surface area contributed by atoms with E-state index < -0.39 is 11.0 Å². The number of fused-ring (bicyclic) bond motifs is 1. The molecule has 2 atom stereocenters. The van der Waals surface area contributed by atoms with Crippen LogP contribution in [0.1, 0.15) is 18.9 Å². The van der Waals surface area contributed by atoms with Gasteiger partial charge in [0.2, 0.25) is 0 Å². The lowest BCUT2D eigenvalue weighted by Gasteiger charge is -2.46. The Bertz CT molecular complexity index is 444. The second-order valence-corrected chi connectivity index (χ2v) is 5.20. The summed E-state index contributed by atoms with van der Waals surface area (Å²) in [4.78, 5) is 10.7. The molecule has 1 aliphatic rings. The number of para-hydroxylation sites is 1. The van der Waals surface area contributed by atoms with Crippen molar-refractivity contribution in [3.8, 4) is 5.75 Å². The minimum atomic E-state index is -1.16. The van der Waals surface area contributed by atoms with Gasteiger partial charge in [-0.05, 0) is 25.0 Å². The molecule has 2 unspecified atom stereocenters. The fourth-order valence-electron chi connectivity index (χ4n) is 2.50. The van der Waals surface area contributed by atoms with Crippen LogP contribution >= 0.6 is 0 Å². The number of ether oxygens (including phenoxy) is 1. The molecule has 0 saturated heterocycles. The fraction of sp³-hybridized carbons (Fsp3) is 0.500. The molecule has 0 aromatic heterocycles. The van der Waals surface area contributed by atoms with Crippen molar-refractivity contribution in [1.29, 1.82) is 0 Å². The standard InChI is InChI=1S/C14H19NO3/c1-13(17,6-7-16)14(9-15)8-11-4-2-3-5-12(11)18-10-14/h2-5,7,17H,6,8-10,15H2,1H3. The topological polar surface area (TPSA) is 72.5 Å². The Balaban J connectivity index is 2.34. The van der Waals surface area contributed by atoms with Crippen LogP contribution in [0.4, 0.5) is 0 Å². The van der Waals surface area contributed by atoms with Gasteiger partial charge in [0.1, 0.15) is 12.0 Å². The Morgan fingerprint density at radius 1 is 1.56 bits per heavy atom. The molecule has 0 fully saturated rings. The molecule has 1 aliphatic heterocycles. The van der Waals surface area contributed by atoms with E-state index in [2.05, 4.69) is 0 Å². The first-order chi connectivity index (χ1) is 8.54. The third kappa shape index (κ3) is 2.02. The van der Waals surface area contributed by atoms with E-state index in [1.165, 1.54) is 0 Å². The Hall–Kier alpha value is -1.39. The van der Waals surface area contributed by atoms with Crippen molar-refractivity contribution in [2.75, 3.05) is 13.2 Å². The third-order valence-electron chi connectivity index (χ3n) is 4.02. The average molecular weight is 249 g/mol. The summed E-state index contributed by atoms with van der Waals surface area (Å²) in [6.07, 6.45) is 1.42. The first-order valence-electron chi connectivity index (χ1n) is 6.11. The number of benzene rings is 1. The number of nitrogens with two attached hydrogens (primary N) is 1. The summed E-state index contributed by atoms with van der Waals surface area (Å²) < 4.78 is 5.71. The second-order valence-electron chi connectivity index (χ2n) is 5.20. The molecule has 1 aromatic rings. The summed E-state index contributed by atoms with van der Waals surface area (Å²) in [5, 5.41) is 10.5. The van der Waals surface area contributed by atoms with Gasteiger partial charge in [0.25, 0.3) is 0 Å². The first-order valence-corrected chi connectivity index (χ1v) is 6.11. The van der Waals surface area contributed by atoms with Crippen LogP contribution in [0, 0.1) is 5.41 Å². The Morgan fingerprint density at radius 2 is 2.28 bits per heavy atom. The van der Waals surface area contributed by atoms with Gasteiger partial charge < -0.3 is 20.4 Å². The van der Waals surface area contributed by atoms with Crippen molar-refractivity contribution in [2.45, 2.75) is 25.4 Å². The lowest BCUT2D eigenvalue weighted by atomic mass is 9.67. The van der Waals surface area contributed by atoms with Gasteiger partial charge in [0, 0.05) is 18.4 Å². The van der Waals surface area contributed by atoms with Crippen molar-refractivity contribution in [1.82, 2.24) is 0 Å². The summed E-state index contributed by atoms with van der Waals surface area (Å²) in [7, 11) is 0. The van der Waals surface area contributed by atoms with Crippen molar-refractivity contribution < 1.29 is 14.6 Å². The number of rotatable bonds is 4. The van der Waals surface area contributed by atoms with Gasteiger partial charge in [-0.25, -0.2) is 0 Å². The SMILES string of the molecule is CC(O)(CC=O)C1(CN)COc2ccccc2C1. The molecule has 0 saturated carbocycles. The van der Waals surface area contributed by atoms with E-state index in [0.29, 0.717) is 13.0 Å². The molecular formula is C14H19NO3. The van der Waals surface area contributed by atoms with Crippen LogP contribution in [-0.2, 0) is 11.2 Å². The molecule has 18 heavy (non-hydrogen) atoms. The molecule has 4 heteroatoms. The molecule has 0 amide bonds. The smallest absolute Gasteiger partial charge is 0.122 e. The Labute approximate surface area is 107 Å². The van der Waals surface area contributed by atoms with E-state index in [4.69, 9.17) is 10.5 Å². The van der Waals surface area contributed by atoms with Crippen LogP contribution in [0.3, 0.4) is 0 Å². The van der Waals surface area contributed by atoms with Gasteiger partial charge >= 0.3 is 0 Å². The monoisotopic (exact) mass is 249 g/mol. The molecule has 0 radical (unpaired) electrons. The second kappa shape index (κ2) is 4.71. The number of aldehydes is 1.